The molecule has 0 bridgehead atoms. The number of ether oxygens (including phenoxy) is 2. The number of hydrogen-bond donors (Lipinski definition) is 3. The molecule has 160 valence electrons. The summed E-state index contributed by atoms with van der Waals surface area (Å²) in [6.45, 7) is 4.99. The van der Waals surface area contributed by atoms with Crippen LogP contribution in [0.5, 0.6) is 5.75 Å². The molecule has 1 heterocycles. The fourth-order valence-electron chi connectivity index (χ4n) is 3.31. The molecule has 0 saturated carbocycles. The van der Waals surface area contributed by atoms with Crippen molar-refractivity contribution in [3.05, 3.63) is 42.0 Å². The number of thiol groups is 1. The normalized spacial score (nSPS) is 20.3. The molecular weight excluding hydrogens is 404 g/mol. The van der Waals surface area contributed by atoms with Crippen molar-refractivity contribution in [3.8, 4) is 5.75 Å². The maximum atomic E-state index is 12.5. The van der Waals surface area contributed by atoms with Crippen LogP contribution in [0.15, 0.2) is 36.4 Å². The fourth-order valence-corrected chi connectivity index (χ4v) is 3.49. The molecule has 1 aliphatic heterocycles. The maximum Gasteiger partial charge on any atom is 0.313 e. The Labute approximate surface area is 180 Å². The predicted octanol–water partition coefficient (Wildman–Crippen LogP) is 2.19. The number of benzene rings is 2. The maximum absolute atomic E-state index is 12.5. The third-order valence-corrected chi connectivity index (χ3v) is 5.46. The van der Waals surface area contributed by atoms with E-state index in [1.165, 1.54) is 0 Å². The van der Waals surface area contributed by atoms with Gasteiger partial charge in [0.25, 0.3) is 0 Å². The van der Waals surface area contributed by atoms with Gasteiger partial charge in [-0.25, -0.2) is 0 Å². The topological polar surface area (TPSA) is 93.7 Å². The standard InChI is InChI=1S/C22H26N2O5S/c1-12(13-5-6-15-10-16(28-4)8-7-14(15)9-13)21(27)29-11-17-19(25)24-18(20(26)23-17)22(2,3)30/h5-10,12,17-18,30H,11H2,1-4H3,(H,23,26)(H,24,25)/t12-,17-,18-/m0/s1. The Morgan fingerprint density at radius 1 is 1.10 bits per heavy atom. The largest absolute Gasteiger partial charge is 0.497 e. The van der Waals surface area contributed by atoms with Crippen LogP contribution in [0.3, 0.4) is 0 Å². The van der Waals surface area contributed by atoms with Crippen LogP contribution in [0.25, 0.3) is 10.8 Å². The van der Waals surface area contributed by atoms with Crippen molar-refractivity contribution in [2.75, 3.05) is 13.7 Å². The Morgan fingerprint density at radius 2 is 1.77 bits per heavy atom. The zero-order valence-electron chi connectivity index (χ0n) is 17.4. The smallest absolute Gasteiger partial charge is 0.313 e. The lowest BCUT2D eigenvalue weighted by molar-refractivity contribution is -0.149. The van der Waals surface area contributed by atoms with Gasteiger partial charge in [-0.15, -0.1) is 0 Å². The van der Waals surface area contributed by atoms with Crippen molar-refractivity contribution in [1.29, 1.82) is 0 Å². The monoisotopic (exact) mass is 430 g/mol. The molecule has 2 aromatic rings. The Hall–Kier alpha value is -2.74. The zero-order valence-corrected chi connectivity index (χ0v) is 18.3. The van der Waals surface area contributed by atoms with Gasteiger partial charge in [0.15, 0.2) is 0 Å². The molecule has 3 atom stereocenters. The van der Waals surface area contributed by atoms with Crippen LogP contribution in [-0.2, 0) is 19.1 Å². The van der Waals surface area contributed by atoms with Crippen LogP contribution in [0, 0.1) is 0 Å². The summed E-state index contributed by atoms with van der Waals surface area (Å²) in [5.41, 5.74) is 0.798. The Bertz CT molecular complexity index is 985. The number of hydrogen-bond acceptors (Lipinski definition) is 6. The first-order valence-corrected chi connectivity index (χ1v) is 10.1. The number of rotatable bonds is 6. The Balaban J connectivity index is 1.63. The summed E-state index contributed by atoms with van der Waals surface area (Å²) in [7, 11) is 1.61. The molecule has 1 saturated heterocycles. The summed E-state index contributed by atoms with van der Waals surface area (Å²) in [5, 5.41) is 7.22. The lowest BCUT2D eigenvalue weighted by Crippen LogP contribution is -2.67. The second kappa shape index (κ2) is 8.55. The van der Waals surface area contributed by atoms with Crippen molar-refractivity contribution < 1.29 is 23.9 Å². The van der Waals surface area contributed by atoms with Crippen molar-refractivity contribution in [3.63, 3.8) is 0 Å². The van der Waals surface area contributed by atoms with Gasteiger partial charge in [-0.1, -0.05) is 24.3 Å². The number of piperazine rings is 1. The molecule has 7 nitrogen and oxygen atoms in total. The molecule has 1 fully saturated rings. The number of amides is 2. The summed E-state index contributed by atoms with van der Waals surface area (Å²) in [6, 6.07) is 9.74. The van der Waals surface area contributed by atoms with Gasteiger partial charge < -0.3 is 20.1 Å². The average molecular weight is 431 g/mol. The molecule has 0 radical (unpaired) electrons. The van der Waals surface area contributed by atoms with Gasteiger partial charge in [-0.3, -0.25) is 14.4 Å². The number of methoxy groups -OCH3 is 1. The van der Waals surface area contributed by atoms with Crippen LogP contribution >= 0.6 is 12.6 Å². The first-order valence-electron chi connectivity index (χ1n) is 9.67. The van der Waals surface area contributed by atoms with Crippen LogP contribution in [0.4, 0.5) is 0 Å². The molecule has 8 heteroatoms. The van der Waals surface area contributed by atoms with Crippen molar-refractivity contribution in [2.24, 2.45) is 0 Å². The van der Waals surface area contributed by atoms with Crippen LogP contribution in [0.2, 0.25) is 0 Å². The van der Waals surface area contributed by atoms with Crippen molar-refractivity contribution >= 4 is 41.2 Å². The minimum absolute atomic E-state index is 0.231. The number of fused-ring (bicyclic) bond motifs is 1. The van der Waals surface area contributed by atoms with Gasteiger partial charge in [-0.2, -0.15) is 12.6 Å². The number of nitrogens with one attached hydrogen (secondary N) is 2. The quantitative estimate of drug-likeness (QED) is 0.483. The van der Waals surface area contributed by atoms with E-state index in [2.05, 4.69) is 23.3 Å². The van der Waals surface area contributed by atoms with Crippen molar-refractivity contribution in [1.82, 2.24) is 10.6 Å². The molecule has 2 amide bonds. The van der Waals surface area contributed by atoms with Crippen molar-refractivity contribution in [2.45, 2.75) is 43.5 Å². The Morgan fingerprint density at radius 3 is 2.43 bits per heavy atom. The van der Waals surface area contributed by atoms with E-state index in [0.717, 1.165) is 22.1 Å². The van der Waals surface area contributed by atoms with E-state index in [1.807, 2.05) is 36.4 Å². The second-order valence-electron chi connectivity index (χ2n) is 7.98. The molecule has 2 N–H and O–H groups in total. The van der Waals surface area contributed by atoms with E-state index >= 15 is 0 Å². The molecule has 30 heavy (non-hydrogen) atoms. The highest BCUT2D eigenvalue weighted by Crippen LogP contribution is 2.26. The van der Waals surface area contributed by atoms with Crippen LogP contribution in [0.1, 0.15) is 32.3 Å². The molecule has 0 aliphatic carbocycles. The van der Waals surface area contributed by atoms with Crippen LogP contribution < -0.4 is 15.4 Å². The van der Waals surface area contributed by atoms with Gasteiger partial charge in [0.05, 0.1) is 13.0 Å². The summed E-state index contributed by atoms with van der Waals surface area (Å²) in [6.07, 6.45) is 0. The molecule has 3 rings (SSSR count). The van der Waals surface area contributed by atoms with Gasteiger partial charge in [-0.05, 0) is 49.2 Å². The minimum atomic E-state index is -0.926. The van der Waals surface area contributed by atoms with Gasteiger partial charge in [0.1, 0.15) is 24.4 Å². The summed E-state index contributed by atoms with van der Waals surface area (Å²) >= 11 is 4.35. The fraction of sp³-hybridized carbons (Fsp3) is 0.409. The Kier molecular flexibility index (Phi) is 6.26. The van der Waals surface area contributed by atoms with Gasteiger partial charge in [0, 0.05) is 4.75 Å². The molecular formula is C22H26N2O5S. The summed E-state index contributed by atoms with van der Waals surface area (Å²) < 4.78 is 9.85. The highest BCUT2D eigenvalue weighted by Gasteiger charge is 2.41. The molecule has 2 aromatic carbocycles. The lowest BCUT2D eigenvalue weighted by atomic mass is 9.97. The third kappa shape index (κ3) is 4.70. The number of esters is 1. The van der Waals surface area contributed by atoms with E-state index < -0.39 is 34.6 Å². The van der Waals surface area contributed by atoms with E-state index in [-0.39, 0.29) is 12.5 Å². The predicted molar refractivity (Wildman–Crippen MR) is 117 cm³/mol. The minimum Gasteiger partial charge on any atom is -0.497 e. The second-order valence-corrected chi connectivity index (χ2v) is 9.13. The molecule has 0 aromatic heterocycles. The number of carbonyl (C=O) groups excluding carboxylic acids is 3. The SMILES string of the molecule is COc1ccc2cc([C@H](C)C(=O)OC[C@@H]3NC(=O)[C@@H](C(C)(C)S)NC3=O)ccc2c1. The summed E-state index contributed by atoms with van der Waals surface area (Å²) in [4.78, 5) is 37.1. The molecule has 1 aliphatic rings. The first kappa shape index (κ1) is 22.0. The van der Waals surface area contributed by atoms with E-state index in [1.54, 1.807) is 27.9 Å². The first-order chi connectivity index (χ1) is 14.1. The summed E-state index contributed by atoms with van der Waals surface area (Å²) in [5.74, 6) is -0.987. The van der Waals surface area contributed by atoms with Gasteiger partial charge in [0.2, 0.25) is 11.8 Å². The van der Waals surface area contributed by atoms with E-state index in [0.29, 0.717) is 0 Å². The highest BCUT2D eigenvalue weighted by molar-refractivity contribution is 7.81. The van der Waals surface area contributed by atoms with Gasteiger partial charge >= 0.3 is 5.97 Å². The number of carbonyl (C=O) groups is 3. The van der Waals surface area contributed by atoms with Crippen LogP contribution in [-0.4, -0.2) is 48.3 Å². The highest BCUT2D eigenvalue weighted by atomic mass is 32.1. The molecule has 0 spiro atoms. The molecule has 0 unspecified atom stereocenters. The lowest BCUT2D eigenvalue weighted by Gasteiger charge is -2.35. The zero-order chi connectivity index (χ0) is 22.1. The third-order valence-electron chi connectivity index (χ3n) is 5.21. The van der Waals surface area contributed by atoms with E-state index in [4.69, 9.17) is 9.47 Å². The van der Waals surface area contributed by atoms with E-state index in [9.17, 15) is 14.4 Å². The average Bonchev–Trinajstić information content (AvgIpc) is 2.71.